The Morgan fingerprint density at radius 2 is 1.82 bits per heavy atom. The minimum atomic E-state index is 0.00765. The van der Waals surface area contributed by atoms with Crippen molar-refractivity contribution in [3.8, 4) is 11.5 Å². The largest absolute Gasteiger partial charge is 0.421 e. The number of aromatic nitrogens is 2. The summed E-state index contributed by atoms with van der Waals surface area (Å²) in [5.74, 6) is 1.70. The lowest BCUT2D eigenvalue weighted by molar-refractivity contribution is 0.504. The van der Waals surface area contributed by atoms with Crippen molar-refractivity contribution in [2.75, 3.05) is 0 Å². The smallest absolute Gasteiger partial charge is 0.247 e. The fourth-order valence-electron chi connectivity index (χ4n) is 3.51. The second-order valence-electron chi connectivity index (χ2n) is 9.47. The van der Waals surface area contributed by atoms with Crippen LogP contribution in [0.4, 0.5) is 5.69 Å². The molecule has 0 aliphatic carbocycles. The molecule has 0 bridgehead atoms. The lowest BCUT2D eigenvalue weighted by atomic mass is 9.84. The lowest BCUT2D eigenvalue weighted by Gasteiger charge is -2.21. The number of thiophene rings is 1. The Bertz CT molecular complexity index is 1310. The molecule has 0 radical (unpaired) electrons. The molecule has 6 heteroatoms. The van der Waals surface area contributed by atoms with Crippen molar-refractivity contribution in [3.05, 3.63) is 94.0 Å². The zero-order valence-electron chi connectivity index (χ0n) is 20.1. The van der Waals surface area contributed by atoms with Crippen LogP contribution in [0.1, 0.15) is 55.2 Å². The predicted molar refractivity (Wildman–Crippen MR) is 142 cm³/mol. The van der Waals surface area contributed by atoms with E-state index in [2.05, 4.69) is 72.9 Å². The van der Waals surface area contributed by atoms with Gasteiger partial charge in [0.1, 0.15) is 5.84 Å². The van der Waals surface area contributed by atoms with Crippen LogP contribution >= 0.6 is 11.3 Å². The second-order valence-corrected chi connectivity index (χ2v) is 10.4. The number of aryl methyl sites for hydroxylation is 2. The van der Waals surface area contributed by atoms with Gasteiger partial charge in [0, 0.05) is 12.0 Å². The summed E-state index contributed by atoms with van der Waals surface area (Å²) >= 11 is 1.58. The highest BCUT2D eigenvalue weighted by Crippen LogP contribution is 2.31. The number of rotatable bonds is 7. The summed E-state index contributed by atoms with van der Waals surface area (Å²) in [6.45, 7) is 12.7. The van der Waals surface area contributed by atoms with Crippen molar-refractivity contribution in [1.29, 1.82) is 0 Å². The van der Waals surface area contributed by atoms with E-state index in [0.29, 0.717) is 24.0 Å². The highest BCUT2D eigenvalue weighted by molar-refractivity contribution is 7.12. The fourth-order valence-corrected chi connectivity index (χ4v) is 4.14. The van der Waals surface area contributed by atoms with Gasteiger partial charge in [-0.05, 0) is 71.2 Å². The number of nitrogens with two attached hydrogens (primary N) is 1. The molecule has 2 heterocycles. The highest BCUT2D eigenvalue weighted by atomic mass is 32.1. The quantitative estimate of drug-likeness (QED) is 0.234. The van der Waals surface area contributed by atoms with Crippen molar-refractivity contribution in [3.63, 3.8) is 0 Å². The molecular weight excluding hydrogens is 440 g/mol. The molecule has 0 aliphatic heterocycles. The molecule has 2 aromatic heterocycles. The summed E-state index contributed by atoms with van der Waals surface area (Å²) in [5, 5.41) is 10.6. The van der Waals surface area contributed by atoms with Crippen LogP contribution in [-0.4, -0.2) is 16.0 Å². The summed E-state index contributed by atoms with van der Waals surface area (Å²) in [7, 11) is 0. The maximum Gasteiger partial charge on any atom is 0.247 e. The van der Waals surface area contributed by atoms with Crippen molar-refractivity contribution in [2.24, 2.45) is 10.7 Å². The first kappa shape index (κ1) is 23.6. The van der Waals surface area contributed by atoms with E-state index in [0.717, 1.165) is 33.7 Å². The minimum Gasteiger partial charge on any atom is -0.421 e. The molecule has 5 nitrogen and oxygen atoms in total. The van der Waals surface area contributed by atoms with E-state index in [-0.39, 0.29) is 5.41 Å². The molecule has 4 rings (SSSR count). The summed E-state index contributed by atoms with van der Waals surface area (Å²) in [5.41, 5.74) is 12.3. The number of nitrogens with zero attached hydrogens (tertiary/aromatic N) is 3. The predicted octanol–water partition coefficient (Wildman–Crippen LogP) is 6.95. The molecule has 0 unspecified atom stereocenters. The molecule has 0 fully saturated rings. The van der Waals surface area contributed by atoms with Gasteiger partial charge in [0.15, 0.2) is 0 Å². The monoisotopic (exact) mass is 470 g/mol. The van der Waals surface area contributed by atoms with Gasteiger partial charge < -0.3 is 10.2 Å². The maximum atomic E-state index is 6.08. The number of hydrogen-bond donors (Lipinski definition) is 1. The summed E-state index contributed by atoms with van der Waals surface area (Å²) < 4.78 is 6.02. The van der Waals surface area contributed by atoms with Gasteiger partial charge >= 0.3 is 0 Å². The normalized spacial score (nSPS) is 12.2. The SMILES string of the molecule is C=C(C)c1cc(-c2nnc(CCc3ccc(/N=C(/N)c4cccs4)cc3)o2)cc(C(C)(C)C)c1. The van der Waals surface area contributed by atoms with Crippen LogP contribution in [0.2, 0.25) is 0 Å². The van der Waals surface area contributed by atoms with E-state index < -0.39 is 0 Å². The van der Waals surface area contributed by atoms with E-state index >= 15 is 0 Å². The van der Waals surface area contributed by atoms with E-state index in [9.17, 15) is 0 Å². The molecule has 2 aromatic carbocycles. The molecule has 4 aromatic rings. The van der Waals surface area contributed by atoms with Crippen LogP contribution < -0.4 is 5.73 Å². The van der Waals surface area contributed by atoms with Crippen LogP contribution in [0.3, 0.4) is 0 Å². The fraction of sp³-hybridized carbons (Fsp3) is 0.250. The Kier molecular flexibility index (Phi) is 6.80. The lowest BCUT2D eigenvalue weighted by Crippen LogP contribution is -2.11. The average molecular weight is 471 g/mol. The number of benzene rings is 2. The molecule has 0 spiro atoms. The number of amidine groups is 1. The Hall–Kier alpha value is -3.51. The number of allylic oxidation sites excluding steroid dienone is 1. The third kappa shape index (κ3) is 5.69. The molecule has 0 saturated heterocycles. The van der Waals surface area contributed by atoms with Gasteiger partial charge in [-0.2, -0.15) is 0 Å². The van der Waals surface area contributed by atoms with Crippen molar-refractivity contribution >= 4 is 28.4 Å². The highest BCUT2D eigenvalue weighted by Gasteiger charge is 2.18. The Morgan fingerprint density at radius 3 is 2.47 bits per heavy atom. The molecule has 174 valence electrons. The zero-order valence-corrected chi connectivity index (χ0v) is 20.9. The van der Waals surface area contributed by atoms with Crippen LogP contribution in [0.5, 0.6) is 0 Å². The van der Waals surface area contributed by atoms with Crippen LogP contribution in [-0.2, 0) is 18.3 Å². The van der Waals surface area contributed by atoms with E-state index in [4.69, 9.17) is 10.2 Å². The summed E-state index contributed by atoms with van der Waals surface area (Å²) in [6.07, 6.45) is 1.46. The maximum absolute atomic E-state index is 6.08. The van der Waals surface area contributed by atoms with E-state index in [1.54, 1.807) is 11.3 Å². The molecule has 0 atom stereocenters. The topological polar surface area (TPSA) is 77.3 Å². The Balaban J connectivity index is 1.45. The van der Waals surface area contributed by atoms with Gasteiger partial charge in [0.2, 0.25) is 11.8 Å². The van der Waals surface area contributed by atoms with E-state index in [1.165, 1.54) is 11.1 Å². The minimum absolute atomic E-state index is 0.00765. The molecule has 0 saturated carbocycles. The van der Waals surface area contributed by atoms with Crippen LogP contribution in [0.15, 0.2) is 76.0 Å². The second kappa shape index (κ2) is 9.77. The summed E-state index contributed by atoms with van der Waals surface area (Å²) in [4.78, 5) is 5.47. The molecular formula is C28H30N4OS. The molecule has 34 heavy (non-hydrogen) atoms. The van der Waals surface area contributed by atoms with Gasteiger partial charge in [0.05, 0.1) is 10.6 Å². The standard InChI is InChI=1S/C28H30N4OS/c1-18(2)20-15-21(17-22(16-20)28(3,4)5)27-32-31-25(33-27)13-10-19-8-11-23(12-9-19)30-26(29)24-7-6-14-34-24/h6-9,11-12,14-17H,1,10,13H2,2-5H3,(H2,29,30). The Labute approximate surface area is 205 Å². The van der Waals surface area contributed by atoms with Crippen LogP contribution in [0, 0.1) is 0 Å². The first-order chi connectivity index (χ1) is 16.2. The molecule has 2 N–H and O–H groups in total. The van der Waals surface area contributed by atoms with Gasteiger partial charge in [-0.3, -0.25) is 0 Å². The van der Waals surface area contributed by atoms with Gasteiger partial charge in [-0.1, -0.05) is 57.2 Å². The Morgan fingerprint density at radius 1 is 1.06 bits per heavy atom. The average Bonchev–Trinajstić information content (AvgIpc) is 3.50. The van der Waals surface area contributed by atoms with Gasteiger partial charge in [-0.15, -0.1) is 21.5 Å². The summed E-state index contributed by atoms with van der Waals surface area (Å²) in [6, 6.07) is 18.4. The number of aliphatic imine (C=N–C) groups is 1. The third-order valence-corrected chi connectivity index (χ3v) is 6.49. The van der Waals surface area contributed by atoms with Crippen molar-refractivity contribution in [1.82, 2.24) is 10.2 Å². The molecule has 0 amide bonds. The van der Waals surface area contributed by atoms with Crippen LogP contribution in [0.25, 0.3) is 17.0 Å². The van der Waals surface area contributed by atoms with Gasteiger partial charge in [-0.25, -0.2) is 4.99 Å². The number of hydrogen-bond acceptors (Lipinski definition) is 5. The first-order valence-corrected chi connectivity index (χ1v) is 12.2. The van der Waals surface area contributed by atoms with Crippen molar-refractivity contribution < 1.29 is 4.42 Å². The molecule has 0 aliphatic rings. The first-order valence-electron chi connectivity index (χ1n) is 11.3. The van der Waals surface area contributed by atoms with E-state index in [1.807, 2.05) is 36.6 Å². The van der Waals surface area contributed by atoms with Crippen molar-refractivity contribution in [2.45, 2.75) is 46.0 Å². The van der Waals surface area contributed by atoms with Gasteiger partial charge in [0.25, 0.3) is 0 Å². The third-order valence-electron chi connectivity index (χ3n) is 5.59. The zero-order chi connectivity index (χ0) is 24.3.